The minimum absolute atomic E-state index is 0.0757. The Labute approximate surface area is 113 Å². The zero-order valence-electron chi connectivity index (χ0n) is 11.3. The van der Waals surface area contributed by atoms with Crippen LogP contribution in [-0.2, 0) is 10.2 Å². The Morgan fingerprint density at radius 3 is 2.67 bits per heavy atom. The molecular weight excluding hydrogens is 250 g/mol. The second-order valence-corrected chi connectivity index (χ2v) is 5.71. The zero-order valence-corrected chi connectivity index (χ0v) is 12.0. The third kappa shape index (κ3) is 4.57. The molecule has 3 nitrogen and oxygen atoms in total. The first kappa shape index (κ1) is 14.8. The van der Waals surface area contributed by atoms with Crippen molar-refractivity contribution < 1.29 is 9.53 Å². The molecule has 0 heterocycles. The van der Waals surface area contributed by atoms with E-state index in [9.17, 15) is 4.79 Å². The fraction of sp³-hybridized carbons (Fsp3) is 0.500. The van der Waals surface area contributed by atoms with Crippen LogP contribution < -0.4 is 5.32 Å². The summed E-state index contributed by atoms with van der Waals surface area (Å²) in [6.45, 7) is 8.13. The summed E-state index contributed by atoms with van der Waals surface area (Å²) in [6, 6.07) is 7.67. The van der Waals surface area contributed by atoms with Gasteiger partial charge in [0.05, 0.1) is 0 Å². The van der Waals surface area contributed by atoms with Crippen LogP contribution in [0.4, 0.5) is 4.79 Å². The van der Waals surface area contributed by atoms with E-state index in [-0.39, 0.29) is 17.6 Å². The number of carbonyl (C=O) groups excluding carboxylic acids is 1. The molecule has 1 amide bonds. The number of rotatable bonds is 4. The first-order valence-corrected chi connectivity index (χ1v) is 6.38. The predicted molar refractivity (Wildman–Crippen MR) is 74.1 cm³/mol. The monoisotopic (exact) mass is 269 g/mol. The maximum absolute atomic E-state index is 11.4. The standard InChI is InChI=1S/C14H20ClNO2/c1-10(2)16-13(17)18-9-14(3,4)11-6-5-7-12(15)8-11/h5-8,10H,9H2,1-4H3,(H,16,17). The summed E-state index contributed by atoms with van der Waals surface area (Å²) in [6.07, 6.45) is -0.389. The van der Waals surface area contributed by atoms with Crippen molar-refractivity contribution in [3.8, 4) is 0 Å². The lowest BCUT2D eigenvalue weighted by Gasteiger charge is -2.25. The largest absolute Gasteiger partial charge is 0.449 e. The van der Waals surface area contributed by atoms with Gasteiger partial charge in [0, 0.05) is 16.5 Å². The Morgan fingerprint density at radius 2 is 2.11 bits per heavy atom. The molecule has 0 saturated heterocycles. The topological polar surface area (TPSA) is 38.3 Å². The Kier molecular flexibility index (Phi) is 5.03. The lowest BCUT2D eigenvalue weighted by molar-refractivity contribution is 0.121. The van der Waals surface area contributed by atoms with Gasteiger partial charge in [0.2, 0.25) is 0 Å². The van der Waals surface area contributed by atoms with Crippen LogP contribution in [0.1, 0.15) is 33.3 Å². The molecule has 4 heteroatoms. The van der Waals surface area contributed by atoms with Crippen molar-refractivity contribution in [1.82, 2.24) is 5.32 Å². The van der Waals surface area contributed by atoms with E-state index in [1.807, 2.05) is 52.0 Å². The van der Waals surface area contributed by atoms with Gasteiger partial charge in [-0.25, -0.2) is 4.79 Å². The molecular formula is C14H20ClNO2. The minimum atomic E-state index is -0.389. The van der Waals surface area contributed by atoms with Crippen LogP contribution in [0, 0.1) is 0 Å². The molecule has 1 aromatic carbocycles. The molecule has 100 valence electrons. The van der Waals surface area contributed by atoms with Crippen LogP contribution in [-0.4, -0.2) is 18.7 Å². The van der Waals surface area contributed by atoms with E-state index in [0.717, 1.165) is 5.56 Å². The second kappa shape index (κ2) is 6.10. The highest BCUT2D eigenvalue weighted by molar-refractivity contribution is 6.30. The highest BCUT2D eigenvalue weighted by Crippen LogP contribution is 2.25. The number of halogens is 1. The summed E-state index contributed by atoms with van der Waals surface area (Å²) in [5.74, 6) is 0. The number of benzene rings is 1. The normalized spacial score (nSPS) is 11.4. The van der Waals surface area contributed by atoms with Crippen LogP contribution in [0.15, 0.2) is 24.3 Å². The lowest BCUT2D eigenvalue weighted by atomic mass is 9.86. The number of amides is 1. The molecule has 0 aliphatic carbocycles. The first-order chi connectivity index (χ1) is 8.31. The van der Waals surface area contributed by atoms with Crippen LogP contribution in [0.2, 0.25) is 5.02 Å². The van der Waals surface area contributed by atoms with Crippen molar-refractivity contribution in [1.29, 1.82) is 0 Å². The number of nitrogens with one attached hydrogen (secondary N) is 1. The van der Waals surface area contributed by atoms with Gasteiger partial charge in [0.1, 0.15) is 6.61 Å². The molecule has 1 N–H and O–H groups in total. The molecule has 1 aromatic rings. The van der Waals surface area contributed by atoms with Gasteiger partial charge in [-0.15, -0.1) is 0 Å². The van der Waals surface area contributed by atoms with Gasteiger partial charge in [-0.2, -0.15) is 0 Å². The molecule has 0 radical (unpaired) electrons. The fourth-order valence-corrected chi connectivity index (χ4v) is 1.71. The van der Waals surface area contributed by atoms with E-state index in [1.165, 1.54) is 0 Å². The van der Waals surface area contributed by atoms with Crippen LogP contribution in [0.5, 0.6) is 0 Å². The summed E-state index contributed by atoms with van der Waals surface area (Å²) >= 11 is 5.96. The summed E-state index contributed by atoms with van der Waals surface area (Å²) in [7, 11) is 0. The average Bonchev–Trinajstić information content (AvgIpc) is 2.26. The average molecular weight is 270 g/mol. The minimum Gasteiger partial charge on any atom is -0.449 e. The van der Waals surface area contributed by atoms with E-state index in [4.69, 9.17) is 16.3 Å². The number of alkyl carbamates (subject to hydrolysis) is 1. The molecule has 0 spiro atoms. The molecule has 0 aromatic heterocycles. The smallest absolute Gasteiger partial charge is 0.407 e. The van der Waals surface area contributed by atoms with Crippen molar-refractivity contribution in [3.05, 3.63) is 34.9 Å². The molecule has 0 saturated carbocycles. The molecule has 18 heavy (non-hydrogen) atoms. The predicted octanol–water partition coefficient (Wildman–Crippen LogP) is 3.75. The highest BCUT2D eigenvalue weighted by Gasteiger charge is 2.23. The van der Waals surface area contributed by atoms with Gasteiger partial charge in [0.15, 0.2) is 0 Å². The van der Waals surface area contributed by atoms with Crippen molar-refractivity contribution in [2.45, 2.75) is 39.2 Å². The number of ether oxygens (including phenoxy) is 1. The molecule has 0 bridgehead atoms. The molecule has 0 fully saturated rings. The van der Waals surface area contributed by atoms with Gasteiger partial charge in [0.25, 0.3) is 0 Å². The Bertz CT molecular complexity index is 416. The lowest BCUT2D eigenvalue weighted by Crippen LogP contribution is -2.34. The zero-order chi connectivity index (χ0) is 13.8. The third-order valence-corrected chi connectivity index (χ3v) is 2.81. The van der Waals surface area contributed by atoms with Gasteiger partial charge in [-0.1, -0.05) is 37.6 Å². The second-order valence-electron chi connectivity index (χ2n) is 5.27. The maximum atomic E-state index is 11.4. The van der Waals surface area contributed by atoms with Crippen molar-refractivity contribution >= 4 is 17.7 Å². The van der Waals surface area contributed by atoms with Crippen LogP contribution in [0.3, 0.4) is 0 Å². The van der Waals surface area contributed by atoms with Crippen LogP contribution in [0.25, 0.3) is 0 Å². The van der Waals surface area contributed by atoms with E-state index in [2.05, 4.69) is 5.32 Å². The Morgan fingerprint density at radius 1 is 1.44 bits per heavy atom. The van der Waals surface area contributed by atoms with Crippen molar-refractivity contribution in [3.63, 3.8) is 0 Å². The molecule has 0 unspecified atom stereocenters. The van der Waals surface area contributed by atoms with Crippen LogP contribution >= 0.6 is 11.6 Å². The van der Waals surface area contributed by atoms with E-state index >= 15 is 0 Å². The summed E-state index contributed by atoms with van der Waals surface area (Å²) in [5.41, 5.74) is 0.784. The van der Waals surface area contributed by atoms with E-state index in [0.29, 0.717) is 11.6 Å². The quantitative estimate of drug-likeness (QED) is 0.904. The molecule has 1 rings (SSSR count). The van der Waals surface area contributed by atoms with Gasteiger partial charge < -0.3 is 10.1 Å². The molecule has 0 atom stereocenters. The molecule has 0 aliphatic heterocycles. The fourth-order valence-electron chi connectivity index (χ4n) is 1.52. The highest BCUT2D eigenvalue weighted by atomic mass is 35.5. The van der Waals surface area contributed by atoms with Crippen molar-refractivity contribution in [2.75, 3.05) is 6.61 Å². The Balaban J connectivity index is 2.62. The number of carbonyl (C=O) groups is 1. The number of hydrogen-bond donors (Lipinski definition) is 1. The summed E-state index contributed by atoms with van der Waals surface area (Å²) in [5, 5.41) is 3.38. The van der Waals surface area contributed by atoms with Gasteiger partial charge in [-0.3, -0.25) is 0 Å². The van der Waals surface area contributed by atoms with Gasteiger partial charge in [-0.05, 0) is 31.5 Å². The van der Waals surface area contributed by atoms with Gasteiger partial charge >= 0.3 is 6.09 Å². The summed E-state index contributed by atoms with van der Waals surface area (Å²) < 4.78 is 5.22. The maximum Gasteiger partial charge on any atom is 0.407 e. The molecule has 0 aliphatic rings. The SMILES string of the molecule is CC(C)NC(=O)OCC(C)(C)c1cccc(Cl)c1. The first-order valence-electron chi connectivity index (χ1n) is 6.00. The summed E-state index contributed by atoms with van der Waals surface area (Å²) in [4.78, 5) is 11.4. The van der Waals surface area contributed by atoms with E-state index in [1.54, 1.807) is 0 Å². The third-order valence-electron chi connectivity index (χ3n) is 2.58. The number of hydrogen-bond acceptors (Lipinski definition) is 2. The van der Waals surface area contributed by atoms with Crippen molar-refractivity contribution in [2.24, 2.45) is 0 Å². The Hall–Kier alpha value is -1.22. The van der Waals surface area contributed by atoms with E-state index < -0.39 is 0 Å².